The van der Waals surface area contributed by atoms with Gasteiger partial charge in [-0.3, -0.25) is 4.79 Å². The van der Waals surface area contributed by atoms with Crippen molar-refractivity contribution < 1.29 is 19.4 Å². The highest BCUT2D eigenvalue weighted by atomic mass is 16.5. The van der Waals surface area contributed by atoms with Crippen molar-refractivity contribution in [1.29, 1.82) is 0 Å². The fraction of sp³-hybridized carbons (Fsp3) is 0.833. The van der Waals surface area contributed by atoms with Gasteiger partial charge in [0.2, 0.25) is 5.91 Å². The van der Waals surface area contributed by atoms with Gasteiger partial charge >= 0.3 is 5.97 Å². The maximum atomic E-state index is 11.6. The highest BCUT2D eigenvalue weighted by Crippen LogP contribution is 2.15. The quantitative estimate of drug-likeness (QED) is 0.737. The fourth-order valence-electron chi connectivity index (χ4n) is 1.97. The molecule has 0 saturated carbocycles. The highest BCUT2D eigenvalue weighted by Gasteiger charge is 2.22. The van der Waals surface area contributed by atoms with E-state index in [4.69, 9.17) is 9.84 Å². The van der Waals surface area contributed by atoms with E-state index in [1.807, 2.05) is 6.92 Å². The number of ether oxygens (including phenoxy) is 1. The molecule has 0 aromatic carbocycles. The smallest absolute Gasteiger partial charge is 0.326 e. The third-order valence-corrected chi connectivity index (χ3v) is 2.90. The van der Waals surface area contributed by atoms with Crippen molar-refractivity contribution in [2.75, 3.05) is 6.61 Å². The zero-order valence-corrected chi connectivity index (χ0v) is 10.3. The van der Waals surface area contributed by atoms with Gasteiger partial charge in [-0.2, -0.15) is 0 Å². The molecule has 5 heteroatoms. The summed E-state index contributed by atoms with van der Waals surface area (Å²) < 4.78 is 5.44. The summed E-state index contributed by atoms with van der Waals surface area (Å²) in [5.74, 6) is -1.19. The summed E-state index contributed by atoms with van der Waals surface area (Å²) in [7, 11) is 0. The molecule has 1 rings (SSSR count). The molecule has 98 valence electrons. The minimum atomic E-state index is -0.968. The Bertz CT molecular complexity index is 261. The number of aliphatic carboxylic acids is 1. The van der Waals surface area contributed by atoms with Crippen LogP contribution in [0.2, 0.25) is 0 Å². The Labute approximate surface area is 102 Å². The molecule has 0 bridgehead atoms. The van der Waals surface area contributed by atoms with E-state index in [0.29, 0.717) is 13.0 Å². The lowest BCUT2D eigenvalue weighted by Gasteiger charge is -2.22. The van der Waals surface area contributed by atoms with Crippen molar-refractivity contribution in [3.63, 3.8) is 0 Å². The molecule has 1 aliphatic heterocycles. The van der Waals surface area contributed by atoms with Crippen LogP contribution < -0.4 is 5.32 Å². The van der Waals surface area contributed by atoms with Crippen LogP contribution in [-0.2, 0) is 14.3 Å². The van der Waals surface area contributed by atoms with E-state index in [-0.39, 0.29) is 18.4 Å². The SMILES string of the molecule is CCCC(NC(=O)CC1CCCCO1)C(=O)O. The number of carboxylic acid groups (broad SMARTS) is 1. The van der Waals surface area contributed by atoms with Gasteiger partial charge < -0.3 is 15.2 Å². The normalized spacial score (nSPS) is 21.8. The molecule has 0 aliphatic carbocycles. The predicted octanol–water partition coefficient (Wildman–Crippen LogP) is 1.32. The predicted molar refractivity (Wildman–Crippen MR) is 62.7 cm³/mol. The van der Waals surface area contributed by atoms with E-state index in [9.17, 15) is 9.59 Å². The number of hydrogen-bond acceptors (Lipinski definition) is 3. The molecule has 1 saturated heterocycles. The van der Waals surface area contributed by atoms with Crippen LogP contribution in [0.15, 0.2) is 0 Å². The van der Waals surface area contributed by atoms with Gasteiger partial charge in [0.15, 0.2) is 0 Å². The second kappa shape index (κ2) is 7.27. The summed E-state index contributed by atoms with van der Waals surface area (Å²) in [6, 6.07) is -0.768. The number of rotatable bonds is 6. The van der Waals surface area contributed by atoms with Crippen molar-refractivity contribution >= 4 is 11.9 Å². The van der Waals surface area contributed by atoms with Crippen molar-refractivity contribution in [3.8, 4) is 0 Å². The standard InChI is InChI=1S/C12H21NO4/c1-2-5-10(12(15)16)13-11(14)8-9-6-3-4-7-17-9/h9-10H,2-8H2,1H3,(H,13,14)(H,15,16). The van der Waals surface area contributed by atoms with Gasteiger partial charge in [0.1, 0.15) is 6.04 Å². The third kappa shape index (κ3) is 5.17. The maximum Gasteiger partial charge on any atom is 0.326 e. The monoisotopic (exact) mass is 243 g/mol. The summed E-state index contributed by atoms with van der Waals surface area (Å²) >= 11 is 0. The van der Waals surface area contributed by atoms with Crippen LogP contribution in [0.3, 0.4) is 0 Å². The average Bonchev–Trinajstić information content (AvgIpc) is 2.29. The molecular weight excluding hydrogens is 222 g/mol. The van der Waals surface area contributed by atoms with Crippen LogP contribution in [0.25, 0.3) is 0 Å². The Morgan fingerprint density at radius 2 is 2.24 bits per heavy atom. The van der Waals surface area contributed by atoms with E-state index in [1.54, 1.807) is 0 Å². The van der Waals surface area contributed by atoms with Gasteiger partial charge in [0, 0.05) is 6.61 Å². The first-order chi connectivity index (χ1) is 8.13. The summed E-state index contributed by atoms with van der Waals surface area (Å²) in [5, 5.41) is 11.5. The van der Waals surface area contributed by atoms with Gasteiger partial charge in [0.05, 0.1) is 12.5 Å². The van der Waals surface area contributed by atoms with Gasteiger partial charge in [0.25, 0.3) is 0 Å². The fourth-order valence-corrected chi connectivity index (χ4v) is 1.97. The van der Waals surface area contributed by atoms with Gasteiger partial charge in [-0.05, 0) is 25.7 Å². The number of nitrogens with one attached hydrogen (secondary N) is 1. The molecule has 1 fully saturated rings. The van der Waals surface area contributed by atoms with E-state index >= 15 is 0 Å². The van der Waals surface area contributed by atoms with Crippen molar-refractivity contribution in [2.24, 2.45) is 0 Å². The average molecular weight is 243 g/mol. The van der Waals surface area contributed by atoms with Crippen LogP contribution in [0.5, 0.6) is 0 Å². The minimum absolute atomic E-state index is 0.0418. The van der Waals surface area contributed by atoms with Gasteiger partial charge in [-0.1, -0.05) is 13.3 Å². The molecule has 1 amide bonds. The summed E-state index contributed by atoms with van der Waals surface area (Å²) in [4.78, 5) is 22.5. The lowest BCUT2D eigenvalue weighted by molar-refractivity contribution is -0.142. The number of hydrogen-bond donors (Lipinski definition) is 2. The molecule has 1 heterocycles. The molecule has 0 radical (unpaired) electrons. The molecule has 0 aromatic heterocycles. The Kier molecular flexibility index (Phi) is 5.97. The van der Waals surface area contributed by atoms with Crippen molar-refractivity contribution in [2.45, 2.75) is 57.6 Å². The zero-order chi connectivity index (χ0) is 12.7. The molecular formula is C12H21NO4. The Balaban J connectivity index is 2.33. The topological polar surface area (TPSA) is 75.6 Å². The molecule has 2 N–H and O–H groups in total. The Morgan fingerprint density at radius 3 is 2.76 bits per heavy atom. The zero-order valence-electron chi connectivity index (χ0n) is 10.3. The van der Waals surface area contributed by atoms with E-state index < -0.39 is 12.0 Å². The second-order valence-corrected chi connectivity index (χ2v) is 4.44. The number of amides is 1. The molecule has 1 aliphatic rings. The van der Waals surface area contributed by atoms with Crippen molar-refractivity contribution in [3.05, 3.63) is 0 Å². The lowest BCUT2D eigenvalue weighted by Crippen LogP contribution is -2.42. The Hall–Kier alpha value is -1.10. The molecule has 2 unspecified atom stereocenters. The highest BCUT2D eigenvalue weighted by molar-refractivity contribution is 5.83. The van der Waals surface area contributed by atoms with Gasteiger partial charge in [-0.25, -0.2) is 4.79 Å². The Morgan fingerprint density at radius 1 is 1.47 bits per heavy atom. The van der Waals surface area contributed by atoms with E-state index in [1.165, 1.54) is 0 Å². The first-order valence-electron chi connectivity index (χ1n) is 6.27. The van der Waals surface area contributed by atoms with Gasteiger partial charge in [-0.15, -0.1) is 0 Å². The molecule has 17 heavy (non-hydrogen) atoms. The largest absolute Gasteiger partial charge is 0.480 e. The second-order valence-electron chi connectivity index (χ2n) is 4.44. The van der Waals surface area contributed by atoms with Crippen LogP contribution in [0, 0.1) is 0 Å². The lowest BCUT2D eigenvalue weighted by atomic mass is 10.1. The van der Waals surface area contributed by atoms with E-state index in [0.717, 1.165) is 25.7 Å². The molecule has 5 nitrogen and oxygen atoms in total. The summed E-state index contributed by atoms with van der Waals surface area (Å²) in [6.07, 6.45) is 4.44. The molecule has 0 spiro atoms. The summed E-state index contributed by atoms with van der Waals surface area (Å²) in [6.45, 7) is 2.60. The van der Waals surface area contributed by atoms with Crippen molar-refractivity contribution in [1.82, 2.24) is 5.32 Å². The minimum Gasteiger partial charge on any atom is -0.480 e. The van der Waals surface area contributed by atoms with Crippen LogP contribution >= 0.6 is 0 Å². The number of carboxylic acids is 1. The number of carbonyl (C=O) groups excluding carboxylic acids is 1. The van der Waals surface area contributed by atoms with Crippen LogP contribution in [0.1, 0.15) is 45.4 Å². The van der Waals surface area contributed by atoms with Crippen LogP contribution in [-0.4, -0.2) is 35.7 Å². The van der Waals surface area contributed by atoms with E-state index in [2.05, 4.69) is 5.32 Å². The molecule has 2 atom stereocenters. The number of carbonyl (C=O) groups is 2. The third-order valence-electron chi connectivity index (χ3n) is 2.90. The first-order valence-corrected chi connectivity index (χ1v) is 6.27. The molecule has 0 aromatic rings. The van der Waals surface area contributed by atoms with Crippen LogP contribution in [0.4, 0.5) is 0 Å². The first kappa shape index (κ1) is 14.0. The maximum absolute atomic E-state index is 11.6. The summed E-state index contributed by atoms with van der Waals surface area (Å²) in [5.41, 5.74) is 0.